The first-order chi connectivity index (χ1) is 8.08. The lowest BCUT2D eigenvalue weighted by Gasteiger charge is -2.19. The van der Waals surface area contributed by atoms with Crippen molar-refractivity contribution in [3.8, 4) is 5.75 Å². The van der Waals surface area contributed by atoms with Crippen LogP contribution in [0, 0.1) is 12.8 Å². The minimum absolute atomic E-state index is 0.423. The molecule has 0 aliphatic heterocycles. The Bertz CT molecular complexity index is 347. The third kappa shape index (κ3) is 4.04. The zero-order valence-electron chi connectivity index (χ0n) is 11.7. The van der Waals surface area contributed by atoms with Crippen molar-refractivity contribution >= 4 is 0 Å². The Hall–Kier alpha value is -1.02. The van der Waals surface area contributed by atoms with Crippen LogP contribution in [0.3, 0.4) is 0 Å². The molecule has 0 spiro atoms. The van der Waals surface area contributed by atoms with Gasteiger partial charge in [-0.2, -0.15) is 0 Å². The Morgan fingerprint density at radius 2 is 1.94 bits per heavy atom. The van der Waals surface area contributed by atoms with E-state index in [1.54, 1.807) is 7.11 Å². The highest BCUT2D eigenvalue weighted by atomic mass is 16.5. The van der Waals surface area contributed by atoms with Gasteiger partial charge in [0.2, 0.25) is 0 Å². The van der Waals surface area contributed by atoms with E-state index in [9.17, 15) is 0 Å². The van der Waals surface area contributed by atoms with Crippen molar-refractivity contribution in [1.82, 2.24) is 5.32 Å². The van der Waals surface area contributed by atoms with Gasteiger partial charge in [-0.25, -0.2) is 0 Å². The predicted molar refractivity (Wildman–Crippen MR) is 73.6 cm³/mol. The first kappa shape index (κ1) is 14.0. The number of ether oxygens (including phenoxy) is 1. The average molecular weight is 235 g/mol. The summed E-state index contributed by atoms with van der Waals surface area (Å²) in [5, 5.41) is 3.39. The molecule has 1 unspecified atom stereocenters. The van der Waals surface area contributed by atoms with Crippen LogP contribution in [0.2, 0.25) is 0 Å². The summed E-state index contributed by atoms with van der Waals surface area (Å²) in [4.78, 5) is 0. The normalized spacial score (nSPS) is 12.8. The van der Waals surface area contributed by atoms with Crippen molar-refractivity contribution < 1.29 is 4.74 Å². The van der Waals surface area contributed by atoms with E-state index in [4.69, 9.17) is 4.74 Å². The lowest BCUT2D eigenvalue weighted by molar-refractivity contribution is 0.408. The molecule has 1 aromatic carbocycles. The van der Waals surface area contributed by atoms with Gasteiger partial charge in [0.25, 0.3) is 0 Å². The van der Waals surface area contributed by atoms with E-state index < -0.39 is 0 Å². The molecule has 0 amide bonds. The molecule has 2 heteroatoms. The zero-order chi connectivity index (χ0) is 12.8. The fraction of sp³-hybridized carbons (Fsp3) is 0.600. The van der Waals surface area contributed by atoms with Crippen LogP contribution in [-0.4, -0.2) is 14.2 Å². The number of hydrogen-bond acceptors (Lipinski definition) is 2. The van der Waals surface area contributed by atoms with Crippen molar-refractivity contribution in [2.75, 3.05) is 14.2 Å². The minimum Gasteiger partial charge on any atom is -0.496 e. The van der Waals surface area contributed by atoms with Crippen LogP contribution >= 0.6 is 0 Å². The highest BCUT2D eigenvalue weighted by molar-refractivity contribution is 5.37. The summed E-state index contributed by atoms with van der Waals surface area (Å²) in [7, 11) is 3.76. The van der Waals surface area contributed by atoms with Crippen LogP contribution in [0.25, 0.3) is 0 Å². The molecule has 0 fully saturated rings. The second kappa shape index (κ2) is 6.65. The van der Waals surface area contributed by atoms with E-state index in [-0.39, 0.29) is 0 Å². The average Bonchev–Trinajstić information content (AvgIpc) is 2.31. The van der Waals surface area contributed by atoms with Gasteiger partial charge in [-0.15, -0.1) is 0 Å². The highest BCUT2D eigenvalue weighted by Crippen LogP contribution is 2.26. The predicted octanol–water partition coefficient (Wildman–Crippen LogP) is 3.70. The van der Waals surface area contributed by atoms with Gasteiger partial charge in [-0.3, -0.25) is 0 Å². The van der Waals surface area contributed by atoms with E-state index >= 15 is 0 Å². The SMILES string of the molecule is CNC(CCC(C)C)c1ccc(C)c(OC)c1. The maximum atomic E-state index is 5.38. The van der Waals surface area contributed by atoms with Crippen LogP contribution < -0.4 is 10.1 Å². The number of nitrogens with one attached hydrogen (secondary N) is 1. The molecule has 1 rings (SSSR count). The second-order valence-electron chi connectivity index (χ2n) is 5.04. The van der Waals surface area contributed by atoms with Gasteiger partial charge in [-0.1, -0.05) is 26.0 Å². The van der Waals surface area contributed by atoms with Gasteiger partial charge >= 0.3 is 0 Å². The third-order valence-corrected chi connectivity index (χ3v) is 3.22. The van der Waals surface area contributed by atoms with Crippen LogP contribution in [0.5, 0.6) is 5.75 Å². The largest absolute Gasteiger partial charge is 0.496 e. The highest BCUT2D eigenvalue weighted by Gasteiger charge is 2.11. The zero-order valence-corrected chi connectivity index (χ0v) is 11.7. The molecule has 0 bridgehead atoms. The first-order valence-electron chi connectivity index (χ1n) is 6.40. The molecule has 1 aromatic rings. The van der Waals surface area contributed by atoms with E-state index in [1.165, 1.54) is 24.0 Å². The van der Waals surface area contributed by atoms with Gasteiger partial charge in [0, 0.05) is 6.04 Å². The number of rotatable bonds is 6. The maximum absolute atomic E-state index is 5.38. The van der Waals surface area contributed by atoms with Crippen LogP contribution in [-0.2, 0) is 0 Å². The second-order valence-corrected chi connectivity index (χ2v) is 5.04. The Kier molecular flexibility index (Phi) is 5.49. The molecule has 0 aromatic heterocycles. The summed E-state index contributed by atoms with van der Waals surface area (Å²) in [6, 6.07) is 6.90. The van der Waals surface area contributed by atoms with Crippen LogP contribution in [0.4, 0.5) is 0 Å². The number of hydrogen-bond donors (Lipinski definition) is 1. The van der Waals surface area contributed by atoms with Crippen molar-refractivity contribution in [2.45, 2.75) is 39.7 Å². The van der Waals surface area contributed by atoms with Crippen molar-refractivity contribution in [2.24, 2.45) is 5.92 Å². The summed E-state index contributed by atoms with van der Waals surface area (Å²) in [6.45, 7) is 6.61. The summed E-state index contributed by atoms with van der Waals surface area (Å²) in [5.41, 5.74) is 2.51. The van der Waals surface area contributed by atoms with Crippen molar-refractivity contribution in [3.05, 3.63) is 29.3 Å². The molecule has 0 aliphatic carbocycles. The van der Waals surface area contributed by atoms with Crippen LogP contribution in [0.15, 0.2) is 18.2 Å². The smallest absolute Gasteiger partial charge is 0.122 e. The molecular formula is C15H25NO. The number of methoxy groups -OCH3 is 1. The first-order valence-corrected chi connectivity index (χ1v) is 6.40. The molecule has 96 valence electrons. The molecule has 0 heterocycles. The maximum Gasteiger partial charge on any atom is 0.122 e. The molecule has 2 nitrogen and oxygen atoms in total. The standard InChI is InChI=1S/C15H25NO/c1-11(2)6-9-14(16-4)13-8-7-12(3)15(10-13)17-5/h7-8,10-11,14,16H,6,9H2,1-5H3. The molecular weight excluding hydrogens is 210 g/mol. The lowest BCUT2D eigenvalue weighted by atomic mass is 9.97. The third-order valence-electron chi connectivity index (χ3n) is 3.22. The molecule has 0 radical (unpaired) electrons. The molecule has 0 saturated carbocycles. The topological polar surface area (TPSA) is 21.3 Å². The van der Waals surface area contributed by atoms with Gasteiger partial charge < -0.3 is 10.1 Å². The Labute approximate surface area is 105 Å². The number of benzene rings is 1. The summed E-state index contributed by atoms with van der Waals surface area (Å²) in [5.74, 6) is 1.73. The fourth-order valence-electron chi connectivity index (χ4n) is 2.03. The van der Waals surface area contributed by atoms with Gasteiger partial charge in [0.05, 0.1) is 7.11 Å². The van der Waals surface area contributed by atoms with E-state index in [2.05, 4.69) is 44.3 Å². The quantitative estimate of drug-likeness (QED) is 0.811. The minimum atomic E-state index is 0.423. The van der Waals surface area contributed by atoms with E-state index in [0.29, 0.717) is 6.04 Å². The van der Waals surface area contributed by atoms with E-state index in [0.717, 1.165) is 11.7 Å². The van der Waals surface area contributed by atoms with Gasteiger partial charge in [-0.05, 0) is 49.9 Å². The fourth-order valence-corrected chi connectivity index (χ4v) is 2.03. The lowest BCUT2D eigenvalue weighted by Crippen LogP contribution is -2.17. The Morgan fingerprint density at radius 3 is 2.47 bits per heavy atom. The molecule has 17 heavy (non-hydrogen) atoms. The summed E-state index contributed by atoms with van der Waals surface area (Å²) in [6.07, 6.45) is 2.40. The monoisotopic (exact) mass is 235 g/mol. The van der Waals surface area contributed by atoms with Gasteiger partial charge in [0.1, 0.15) is 5.75 Å². The van der Waals surface area contributed by atoms with Crippen molar-refractivity contribution in [3.63, 3.8) is 0 Å². The number of aryl methyl sites for hydroxylation is 1. The molecule has 1 atom stereocenters. The van der Waals surface area contributed by atoms with Gasteiger partial charge in [0.15, 0.2) is 0 Å². The summed E-state index contributed by atoms with van der Waals surface area (Å²) >= 11 is 0. The molecule has 1 N–H and O–H groups in total. The Balaban J connectivity index is 2.80. The van der Waals surface area contributed by atoms with Crippen molar-refractivity contribution in [1.29, 1.82) is 0 Å². The Morgan fingerprint density at radius 1 is 1.24 bits per heavy atom. The molecule has 0 saturated heterocycles. The van der Waals surface area contributed by atoms with E-state index in [1.807, 2.05) is 7.05 Å². The molecule has 0 aliphatic rings. The van der Waals surface area contributed by atoms with Crippen LogP contribution in [0.1, 0.15) is 43.9 Å². The summed E-state index contributed by atoms with van der Waals surface area (Å²) < 4.78 is 5.38.